The maximum atomic E-state index is 12.4. The number of carbonyl (C=O) groups excluding carboxylic acids is 1. The second kappa shape index (κ2) is 8.57. The summed E-state index contributed by atoms with van der Waals surface area (Å²) in [4.78, 5) is 19.2. The number of aromatic nitrogens is 2. The van der Waals surface area contributed by atoms with E-state index >= 15 is 0 Å². The van der Waals surface area contributed by atoms with E-state index in [9.17, 15) is 4.79 Å². The Morgan fingerprint density at radius 1 is 1.30 bits per heavy atom. The monoisotopic (exact) mass is 370 g/mol. The number of hydrogen-bond acceptors (Lipinski definition) is 4. The van der Waals surface area contributed by atoms with E-state index in [0.717, 1.165) is 43.2 Å². The number of amides is 1. The van der Waals surface area contributed by atoms with Crippen LogP contribution in [0.15, 0.2) is 24.3 Å². The molecular weight excluding hydrogens is 340 g/mol. The molecule has 27 heavy (non-hydrogen) atoms. The number of nitrogens with zero attached hydrogens (tertiary/aromatic N) is 3. The number of hydrogen-bond donors (Lipinski definition) is 1. The van der Waals surface area contributed by atoms with Crippen molar-refractivity contribution in [2.45, 2.75) is 59.9 Å². The van der Waals surface area contributed by atoms with Crippen LogP contribution in [0.2, 0.25) is 0 Å². The number of aryl methyl sites for hydroxylation is 1. The number of ether oxygens (including phenoxy) is 1. The highest BCUT2D eigenvalue weighted by Crippen LogP contribution is 2.20. The molecule has 146 valence electrons. The molecule has 0 saturated carbocycles. The highest BCUT2D eigenvalue weighted by Gasteiger charge is 2.23. The molecule has 0 radical (unpaired) electrons. The quantitative estimate of drug-likeness (QED) is 0.814. The van der Waals surface area contributed by atoms with Crippen molar-refractivity contribution in [1.82, 2.24) is 19.8 Å². The van der Waals surface area contributed by atoms with Crippen LogP contribution in [0.4, 0.5) is 0 Å². The minimum atomic E-state index is 0.0558. The molecule has 0 unspecified atom stereocenters. The first-order chi connectivity index (χ1) is 13.0. The molecule has 0 spiro atoms. The number of imidazole rings is 1. The van der Waals surface area contributed by atoms with Crippen molar-refractivity contribution in [2.75, 3.05) is 13.1 Å². The van der Waals surface area contributed by atoms with Gasteiger partial charge in [-0.25, -0.2) is 4.98 Å². The molecule has 6 heteroatoms. The van der Waals surface area contributed by atoms with Crippen molar-refractivity contribution in [3.05, 3.63) is 47.0 Å². The van der Waals surface area contributed by atoms with Gasteiger partial charge in [0.1, 0.15) is 11.6 Å². The van der Waals surface area contributed by atoms with Gasteiger partial charge in [-0.15, -0.1) is 0 Å². The Hall–Kier alpha value is -2.34. The van der Waals surface area contributed by atoms with E-state index < -0.39 is 0 Å². The van der Waals surface area contributed by atoms with Crippen LogP contribution in [-0.4, -0.2) is 39.6 Å². The molecule has 2 heterocycles. The molecule has 1 aliphatic rings. The van der Waals surface area contributed by atoms with Gasteiger partial charge in [-0.05, 0) is 45.4 Å². The summed E-state index contributed by atoms with van der Waals surface area (Å²) in [6.45, 7) is 11.7. The second-order valence-electron chi connectivity index (χ2n) is 7.34. The van der Waals surface area contributed by atoms with Crippen LogP contribution in [0.3, 0.4) is 0 Å². The highest BCUT2D eigenvalue weighted by atomic mass is 16.5. The van der Waals surface area contributed by atoms with E-state index in [1.54, 1.807) is 0 Å². The third kappa shape index (κ3) is 4.89. The van der Waals surface area contributed by atoms with Crippen molar-refractivity contribution >= 4 is 5.91 Å². The minimum absolute atomic E-state index is 0.0558. The molecular formula is C21H30N4O2. The first kappa shape index (κ1) is 19.4. The number of rotatable bonds is 7. The Morgan fingerprint density at radius 3 is 2.70 bits per heavy atom. The molecule has 3 rings (SSSR count). The zero-order chi connectivity index (χ0) is 19.4. The Bertz CT molecular complexity index is 780. The van der Waals surface area contributed by atoms with Gasteiger partial charge in [-0.2, -0.15) is 0 Å². The van der Waals surface area contributed by atoms with Gasteiger partial charge in [0.2, 0.25) is 5.91 Å². The van der Waals surface area contributed by atoms with Crippen molar-refractivity contribution < 1.29 is 9.53 Å². The zero-order valence-corrected chi connectivity index (χ0v) is 16.8. The molecule has 1 aromatic heterocycles. The van der Waals surface area contributed by atoms with Crippen molar-refractivity contribution in [1.29, 1.82) is 0 Å². The summed E-state index contributed by atoms with van der Waals surface area (Å²) in [5.41, 5.74) is 3.52. The summed E-state index contributed by atoms with van der Waals surface area (Å²) in [5, 5.41) is 3.02. The molecule has 0 aliphatic carbocycles. The van der Waals surface area contributed by atoms with Gasteiger partial charge in [0, 0.05) is 32.6 Å². The molecule has 1 aliphatic heterocycles. The number of carbonyl (C=O) groups is 1. The van der Waals surface area contributed by atoms with Crippen LogP contribution in [0.1, 0.15) is 43.5 Å². The van der Waals surface area contributed by atoms with E-state index in [4.69, 9.17) is 4.74 Å². The van der Waals surface area contributed by atoms with E-state index in [1.807, 2.05) is 38.1 Å². The normalized spacial score (nSPS) is 14.3. The Labute approximate surface area is 161 Å². The maximum Gasteiger partial charge on any atom is 0.234 e. The third-order valence-electron chi connectivity index (χ3n) is 4.85. The number of nitrogens with one attached hydrogen (secondary N) is 1. The van der Waals surface area contributed by atoms with Crippen LogP contribution < -0.4 is 10.1 Å². The lowest BCUT2D eigenvalue weighted by molar-refractivity contribution is -0.122. The number of fused-ring (bicyclic) bond motifs is 1. The predicted molar refractivity (Wildman–Crippen MR) is 106 cm³/mol. The average Bonchev–Trinajstić information content (AvgIpc) is 2.95. The lowest BCUT2D eigenvalue weighted by atomic mass is 10.1. The minimum Gasteiger partial charge on any atom is -0.491 e. The molecule has 1 aromatic carbocycles. The van der Waals surface area contributed by atoms with Gasteiger partial charge in [0.15, 0.2) is 0 Å². The average molecular weight is 370 g/mol. The third-order valence-corrected chi connectivity index (χ3v) is 4.85. The fraction of sp³-hybridized carbons (Fsp3) is 0.524. The Balaban J connectivity index is 1.50. The molecule has 6 nitrogen and oxygen atoms in total. The van der Waals surface area contributed by atoms with Gasteiger partial charge in [-0.1, -0.05) is 12.1 Å². The first-order valence-corrected chi connectivity index (χ1v) is 9.75. The van der Waals surface area contributed by atoms with Crippen molar-refractivity contribution in [2.24, 2.45) is 0 Å². The van der Waals surface area contributed by atoms with Gasteiger partial charge in [0.25, 0.3) is 0 Å². The maximum absolute atomic E-state index is 12.4. The lowest BCUT2D eigenvalue weighted by Crippen LogP contribution is -2.40. The van der Waals surface area contributed by atoms with Crippen LogP contribution in [0, 0.1) is 6.92 Å². The second-order valence-corrected chi connectivity index (χ2v) is 7.34. The van der Waals surface area contributed by atoms with E-state index in [1.165, 1.54) is 11.4 Å². The van der Waals surface area contributed by atoms with Gasteiger partial charge in [-0.3, -0.25) is 9.69 Å². The summed E-state index contributed by atoms with van der Waals surface area (Å²) in [6.07, 6.45) is 1.07. The Morgan fingerprint density at radius 2 is 2.04 bits per heavy atom. The van der Waals surface area contributed by atoms with Gasteiger partial charge < -0.3 is 14.6 Å². The molecule has 0 fully saturated rings. The van der Waals surface area contributed by atoms with Crippen LogP contribution >= 0.6 is 0 Å². The molecule has 1 amide bonds. The molecule has 1 N–H and O–H groups in total. The summed E-state index contributed by atoms with van der Waals surface area (Å²) < 4.78 is 7.89. The molecule has 0 atom stereocenters. The first-order valence-electron chi connectivity index (χ1n) is 9.75. The van der Waals surface area contributed by atoms with E-state index in [0.29, 0.717) is 13.1 Å². The van der Waals surface area contributed by atoms with Gasteiger partial charge in [0.05, 0.1) is 24.0 Å². The fourth-order valence-electron chi connectivity index (χ4n) is 3.58. The standard InChI is InChI=1S/C21H30N4O2/c1-5-25-16(4)23-19-10-11-24(13-20(19)25)14-21(26)22-12-17-6-8-18(9-7-17)27-15(2)3/h6-9,15H,5,10-14H2,1-4H3,(H,22,26). The van der Waals surface area contributed by atoms with E-state index in [-0.39, 0.29) is 12.0 Å². The summed E-state index contributed by atoms with van der Waals surface area (Å²) in [5.74, 6) is 1.98. The van der Waals surface area contributed by atoms with Crippen molar-refractivity contribution in [3.8, 4) is 5.75 Å². The SMILES string of the molecule is CCn1c(C)nc2c1CN(CC(=O)NCc1ccc(OC(C)C)cc1)CC2. The molecule has 0 bridgehead atoms. The summed E-state index contributed by atoms with van der Waals surface area (Å²) in [6, 6.07) is 7.88. The lowest BCUT2D eigenvalue weighted by Gasteiger charge is -2.26. The van der Waals surface area contributed by atoms with E-state index in [2.05, 4.69) is 33.6 Å². The topological polar surface area (TPSA) is 59.4 Å². The summed E-state index contributed by atoms with van der Waals surface area (Å²) >= 11 is 0. The highest BCUT2D eigenvalue weighted by molar-refractivity contribution is 5.78. The fourth-order valence-corrected chi connectivity index (χ4v) is 3.58. The smallest absolute Gasteiger partial charge is 0.234 e. The molecule has 2 aromatic rings. The number of benzene rings is 1. The zero-order valence-electron chi connectivity index (χ0n) is 16.8. The van der Waals surface area contributed by atoms with Crippen LogP contribution in [-0.2, 0) is 30.8 Å². The Kier molecular flexibility index (Phi) is 6.16. The van der Waals surface area contributed by atoms with Crippen molar-refractivity contribution in [3.63, 3.8) is 0 Å². The van der Waals surface area contributed by atoms with Crippen LogP contribution in [0.25, 0.3) is 0 Å². The van der Waals surface area contributed by atoms with Crippen LogP contribution in [0.5, 0.6) is 5.75 Å². The molecule has 0 saturated heterocycles. The largest absolute Gasteiger partial charge is 0.491 e. The summed E-state index contributed by atoms with van der Waals surface area (Å²) in [7, 11) is 0. The predicted octanol–water partition coefficient (Wildman–Crippen LogP) is 2.67. The van der Waals surface area contributed by atoms with Gasteiger partial charge >= 0.3 is 0 Å².